The lowest BCUT2D eigenvalue weighted by molar-refractivity contribution is -0.0191. The van der Waals surface area contributed by atoms with Crippen LogP contribution in [0.1, 0.15) is 24.8 Å². The predicted molar refractivity (Wildman–Crippen MR) is 111 cm³/mol. The number of benzene rings is 1. The molecule has 0 aromatic heterocycles. The molecule has 4 rings (SSSR count). The average molecular weight is 415 g/mol. The third-order valence-corrected chi connectivity index (χ3v) is 5.65. The van der Waals surface area contributed by atoms with E-state index < -0.39 is 30.1 Å². The van der Waals surface area contributed by atoms with Crippen LogP contribution in [0.25, 0.3) is 22.6 Å². The minimum Gasteiger partial charge on any atom is -0.394 e. The molecule has 3 heterocycles. The molecule has 0 spiro atoms. The highest BCUT2D eigenvalue weighted by molar-refractivity contribution is 5.84. The summed E-state index contributed by atoms with van der Waals surface area (Å²) in [7, 11) is 0. The topological polar surface area (TPSA) is 145 Å². The van der Waals surface area contributed by atoms with E-state index in [1.165, 1.54) is 0 Å². The van der Waals surface area contributed by atoms with E-state index in [1.807, 2.05) is 19.1 Å². The van der Waals surface area contributed by atoms with E-state index in [2.05, 4.69) is 19.9 Å². The number of aromatic amines is 1. The Morgan fingerprint density at radius 1 is 1.13 bits per heavy atom. The van der Waals surface area contributed by atoms with Gasteiger partial charge < -0.3 is 24.8 Å². The van der Waals surface area contributed by atoms with Gasteiger partial charge in [0.1, 0.15) is 6.10 Å². The molecule has 4 N–H and O–H groups in total. The summed E-state index contributed by atoms with van der Waals surface area (Å²) >= 11 is 0. The Kier molecular flexibility index (Phi) is 5.54. The zero-order chi connectivity index (χ0) is 21.4. The van der Waals surface area contributed by atoms with Crippen LogP contribution in [0, 0.1) is 6.92 Å². The van der Waals surface area contributed by atoms with Crippen LogP contribution in [-0.4, -0.2) is 66.7 Å². The molecule has 2 unspecified atom stereocenters. The minimum absolute atomic E-state index is 0.0348. The Morgan fingerprint density at radius 2 is 1.87 bits per heavy atom. The first-order chi connectivity index (χ1) is 14.4. The fourth-order valence-corrected chi connectivity index (χ4v) is 4.03. The molecule has 0 saturated carbocycles. The third kappa shape index (κ3) is 3.69. The van der Waals surface area contributed by atoms with Gasteiger partial charge in [-0.15, -0.1) is 0 Å². The predicted octanol–water partition coefficient (Wildman–Crippen LogP) is -0.403. The molecule has 3 aliphatic heterocycles. The molecule has 1 saturated heterocycles. The van der Waals surface area contributed by atoms with Gasteiger partial charge in [0.15, 0.2) is 11.5 Å². The summed E-state index contributed by atoms with van der Waals surface area (Å²) in [5, 5.41) is 28.9. The molecule has 1 aromatic rings. The number of anilines is 1. The number of fused-ring (bicyclic) bond motifs is 2. The SMILES string of the molecule is Cc1cc2nc3c(=O)[nH]c(=O)nc-3n(CCC(O)C(O)CO)c2cc1N1CCCC1. The minimum atomic E-state index is -1.28. The van der Waals surface area contributed by atoms with Gasteiger partial charge >= 0.3 is 5.69 Å². The average Bonchev–Trinajstić information content (AvgIpc) is 3.25. The molecule has 160 valence electrons. The molecule has 3 aliphatic rings. The van der Waals surface area contributed by atoms with Gasteiger partial charge in [-0.05, 0) is 43.9 Å². The Hall–Kier alpha value is -2.82. The molecule has 2 atom stereocenters. The smallest absolute Gasteiger partial charge is 0.349 e. The van der Waals surface area contributed by atoms with Gasteiger partial charge in [-0.3, -0.25) is 9.78 Å². The van der Waals surface area contributed by atoms with Crippen LogP contribution in [0.3, 0.4) is 0 Å². The highest BCUT2D eigenvalue weighted by Crippen LogP contribution is 2.31. The Labute approximate surface area is 171 Å². The number of rotatable bonds is 6. The van der Waals surface area contributed by atoms with E-state index in [0.29, 0.717) is 11.0 Å². The number of H-pyrrole nitrogens is 1. The number of hydrogen-bond donors (Lipinski definition) is 4. The summed E-state index contributed by atoms with van der Waals surface area (Å²) in [5.41, 5.74) is 1.97. The second kappa shape index (κ2) is 8.13. The quantitative estimate of drug-likeness (QED) is 0.398. The maximum Gasteiger partial charge on any atom is 0.349 e. The van der Waals surface area contributed by atoms with Gasteiger partial charge in [0.05, 0.1) is 23.7 Å². The van der Waals surface area contributed by atoms with Crippen molar-refractivity contribution in [3.8, 4) is 11.5 Å². The van der Waals surface area contributed by atoms with Crippen molar-refractivity contribution in [2.75, 3.05) is 24.6 Å². The Bertz CT molecular complexity index is 1150. The highest BCUT2D eigenvalue weighted by atomic mass is 16.4. The zero-order valence-corrected chi connectivity index (χ0v) is 16.7. The van der Waals surface area contributed by atoms with Gasteiger partial charge in [-0.1, -0.05) is 0 Å². The van der Waals surface area contributed by atoms with Crippen LogP contribution >= 0.6 is 0 Å². The summed E-state index contributed by atoms with van der Waals surface area (Å²) in [6.45, 7) is 3.51. The van der Waals surface area contributed by atoms with Crippen molar-refractivity contribution in [3.63, 3.8) is 0 Å². The second-order valence-corrected chi connectivity index (χ2v) is 7.73. The lowest BCUT2D eigenvalue weighted by Crippen LogP contribution is -2.32. The maximum absolute atomic E-state index is 12.3. The largest absolute Gasteiger partial charge is 0.394 e. The fourth-order valence-electron chi connectivity index (χ4n) is 4.03. The van der Waals surface area contributed by atoms with E-state index in [9.17, 15) is 19.8 Å². The van der Waals surface area contributed by atoms with Crippen LogP contribution in [0.4, 0.5) is 5.69 Å². The lowest BCUT2D eigenvalue weighted by atomic mass is 10.1. The van der Waals surface area contributed by atoms with Gasteiger partial charge in [0, 0.05) is 25.3 Å². The first-order valence-electron chi connectivity index (χ1n) is 10.1. The van der Waals surface area contributed by atoms with Crippen LogP contribution in [-0.2, 0) is 6.54 Å². The summed E-state index contributed by atoms with van der Waals surface area (Å²) < 4.78 is 1.68. The molecule has 1 aromatic carbocycles. The summed E-state index contributed by atoms with van der Waals surface area (Å²) in [6, 6.07) is 3.88. The van der Waals surface area contributed by atoms with Crippen molar-refractivity contribution in [2.24, 2.45) is 0 Å². The van der Waals surface area contributed by atoms with Crippen molar-refractivity contribution >= 4 is 16.7 Å². The van der Waals surface area contributed by atoms with Crippen LogP contribution in [0.5, 0.6) is 0 Å². The van der Waals surface area contributed by atoms with E-state index >= 15 is 0 Å². The molecule has 30 heavy (non-hydrogen) atoms. The molecule has 10 heteroatoms. The summed E-state index contributed by atoms with van der Waals surface area (Å²) in [4.78, 5) is 37.1. The van der Waals surface area contributed by atoms with E-state index in [-0.39, 0.29) is 24.5 Å². The second-order valence-electron chi connectivity index (χ2n) is 7.73. The van der Waals surface area contributed by atoms with Crippen molar-refractivity contribution in [3.05, 3.63) is 38.5 Å². The molecule has 10 nitrogen and oxygen atoms in total. The van der Waals surface area contributed by atoms with Crippen LogP contribution < -0.4 is 16.1 Å². The zero-order valence-electron chi connectivity index (χ0n) is 16.7. The number of aliphatic hydroxyl groups is 3. The number of aryl methyl sites for hydroxylation is 2. The summed E-state index contributed by atoms with van der Waals surface area (Å²) in [6.07, 6.45) is -0.114. The van der Waals surface area contributed by atoms with Gasteiger partial charge in [0.2, 0.25) is 0 Å². The lowest BCUT2D eigenvalue weighted by Gasteiger charge is -2.24. The normalized spacial score (nSPS) is 16.5. The van der Waals surface area contributed by atoms with Crippen molar-refractivity contribution < 1.29 is 15.3 Å². The van der Waals surface area contributed by atoms with Crippen molar-refractivity contribution in [2.45, 2.75) is 44.9 Å². The monoisotopic (exact) mass is 415 g/mol. The fraction of sp³-hybridized carbons (Fsp3) is 0.500. The highest BCUT2D eigenvalue weighted by Gasteiger charge is 2.23. The van der Waals surface area contributed by atoms with Gasteiger partial charge in [-0.25, -0.2) is 9.78 Å². The number of nitrogens with one attached hydrogen (secondary N) is 1. The third-order valence-electron chi connectivity index (χ3n) is 5.65. The summed E-state index contributed by atoms with van der Waals surface area (Å²) in [5.74, 6) is 0.123. The van der Waals surface area contributed by atoms with Crippen LogP contribution in [0.15, 0.2) is 21.7 Å². The van der Waals surface area contributed by atoms with Crippen molar-refractivity contribution in [1.82, 2.24) is 19.5 Å². The molecule has 0 aliphatic carbocycles. The first-order valence-corrected chi connectivity index (χ1v) is 10.1. The van der Waals surface area contributed by atoms with Gasteiger partial charge in [0.25, 0.3) is 5.56 Å². The molecule has 0 radical (unpaired) electrons. The van der Waals surface area contributed by atoms with Gasteiger partial charge in [-0.2, -0.15) is 4.98 Å². The Balaban J connectivity index is 1.91. The standard InChI is InChI=1S/C20H25N5O5/c1-11-8-12-14(9-13(11)24-5-2-3-6-24)25(7-4-15(27)16(28)10-26)18-17(21-12)19(29)23-20(30)22-18/h8-9,15-16,26-28H,2-7,10H2,1H3,(H,23,29,30). The van der Waals surface area contributed by atoms with Crippen LogP contribution in [0.2, 0.25) is 0 Å². The molecule has 0 amide bonds. The van der Waals surface area contributed by atoms with Crippen molar-refractivity contribution in [1.29, 1.82) is 0 Å². The number of aromatic nitrogens is 4. The van der Waals surface area contributed by atoms with E-state index in [4.69, 9.17) is 5.11 Å². The molecular formula is C20H25N5O5. The maximum atomic E-state index is 12.3. The molecular weight excluding hydrogens is 390 g/mol. The Morgan fingerprint density at radius 3 is 2.57 bits per heavy atom. The molecule has 0 bridgehead atoms. The van der Waals surface area contributed by atoms with E-state index in [1.54, 1.807) is 4.57 Å². The first kappa shape index (κ1) is 20.5. The number of aliphatic hydroxyl groups excluding tert-OH is 3. The number of nitrogens with zero attached hydrogens (tertiary/aromatic N) is 4. The van der Waals surface area contributed by atoms with E-state index in [0.717, 1.165) is 37.2 Å². The molecule has 1 fully saturated rings. The number of hydrogen-bond acceptors (Lipinski definition) is 8.